The van der Waals surface area contributed by atoms with E-state index in [1.54, 1.807) is 11.3 Å². The molecule has 4 nitrogen and oxygen atoms in total. The molecule has 2 N–H and O–H groups in total. The first kappa shape index (κ1) is 17.4. The average molecular weight is 347 g/mol. The van der Waals surface area contributed by atoms with Gasteiger partial charge in [-0.15, -0.1) is 11.3 Å². The van der Waals surface area contributed by atoms with E-state index in [1.807, 2.05) is 6.92 Å². The summed E-state index contributed by atoms with van der Waals surface area (Å²) in [5.74, 6) is 0.753. The number of hydrogen-bond acceptors (Lipinski definition) is 3. The number of amides is 1. The number of thiophene rings is 1. The van der Waals surface area contributed by atoms with Crippen LogP contribution in [0, 0.1) is 17.2 Å². The zero-order valence-electron chi connectivity index (χ0n) is 14.8. The van der Waals surface area contributed by atoms with Gasteiger partial charge in [-0.05, 0) is 51.0 Å². The number of carbonyl (C=O) groups is 1. The average Bonchev–Trinajstić information content (AvgIpc) is 2.74. The monoisotopic (exact) mass is 346 g/mol. The summed E-state index contributed by atoms with van der Waals surface area (Å²) in [5.41, 5.74) is 1.92. The van der Waals surface area contributed by atoms with Crippen LogP contribution in [0.1, 0.15) is 62.0 Å². The molecule has 24 heavy (non-hydrogen) atoms. The smallest absolute Gasteiger partial charge is 0.283 e. The first-order valence-electron chi connectivity index (χ1n) is 9.30. The number of hydrogen-bond donors (Lipinski definition) is 2. The van der Waals surface area contributed by atoms with Crippen molar-refractivity contribution >= 4 is 22.2 Å². The highest BCUT2D eigenvalue weighted by atomic mass is 32.1. The molecule has 1 aliphatic heterocycles. The van der Waals surface area contributed by atoms with Crippen molar-refractivity contribution in [3.8, 4) is 6.07 Å². The van der Waals surface area contributed by atoms with Crippen LogP contribution >= 0.6 is 11.3 Å². The van der Waals surface area contributed by atoms with E-state index in [2.05, 4.69) is 18.3 Å². The molecule has 0 spiro atoms. The molecule has 3 rings (SSSR count). The van der Waals surface area contributed by atoms with E-state index in [9.17, 15) is 10.1 Å². The lowest BCUT2D eigenvalue weighted by Gasteiger charge is -2.31. The number of likely N-dealkylation sites (tertiary alicyclic amines) is 1. The minimum Gasteiger partial charge on any atom is -0.325 e. The molecule has 1 fully saturated rings. The molecule has 0 aromatic carbocycles. The molecule has 0 bridgehead atoms. The number of rotatable bonds is 3. The number of nitriles is 1. The predicted octanol–water partition coefficient (Wildman–Crippen LogP) is 2.53. The Labute approximate surface area is 148 Å². The van der Waals surface area contributed by atoms with Gasteiger partial charge in [-0.3, -0.25) is 4.79 Å². The van der Waals surface area contributed by atoms with Crippen LogP contribution in [-0.4, -0.2) is 25.0 Å². The molecule has 0 radical (unpaired) electrons. The Morgan fingerprint density at radius 1 is 1.33 bits per heavy atom. The SMILES string of the molecule is C[C@H]1CCC[NH+]([C@@H](C)C(=O)Nc2sc3c(c2C#N)CCCCC3)C1. The molecule has 1 unspecified atom stereocenters. The van der Waals surface area contributed by atoms with E-state index in [1.165, 1.54) is 41.0 Å². The summed E-state index contributed by atoms with van der Waals surface area (Å²) in [6.07, 6.45) is 8.08. The normalized spacial score (nSPS) is 25.2. The number of nitrogens with zero attached hydrogens (tertiary/aromatic N) is 1. The minimum absolute atomic E-state index is 0.0544. The van der Waals surface area contributed by atoms with Crippen molar-refractivity contribution in [3.63, 3.8) is 0 Å². The van der Waals surface area contributed by atoms with E-state index in [4.69, 9.17) is 0 Å². The summed E-state index contributed by atoms with van der Waals surface area (Å²) in [6, 6.07) is 2.30. The van der Waals surface area contributed by atoms with Crippen molar-refractivity contribution in [1.82, 2.24) is 0 Å². The first-order valence-corrected chi connectivity index (χ1v) is 10.1. The van der Waals surface area contributed by atoms with Crippen LogP contribution in [0.4, 0.5) is 5.00 Å². The van der Waals surface area contributed by atoms with Crippen molar-refractivity contribution in [3.05, 3.63) is 16.0 Å². The number of fused-ring (bicyclic) bond motifs is 1. The van der Waals surface area contributed by atoms with Crippen LogP contribution in [0.5, 0.6) is 0 Å². The molecular weight excluding hydrogens is 318 g/mol. The number of nitrogens with one attached hydrogen (secondary N) is 2. The van der Waals surface area contributed by atoms with Crippen LogP contribution in [-0.2, 0) is 17.6 Å². The third-order valence-corrected chi connectivity index (χ3v) is 6.79. The summed E-state index contributed by atoms with van der Waals surface area (Å²) in [5, 5.41) is 13.5. The summed E-state index contributed by atoms with van der Waals surface area (Å²) in [6.45, 7) is 6.44. The molecule has 0 saturated carbocycles. The zero-order valence-corrected chi connectivity index (χ0v) is 15.6. The van der Waals surface area contributed by atoms with Crippen LogP contribution in [0.2, 0.25) is 0 Å². The van der Waals surface area contributed by atoms with E-state index in [0.29, 0.717) is 5.92 Å². The number of quaternary nitrogens is 1. The quantitative estimate of drug-likeness (QED) is 0.827. The van der Waals surface area contributed by atoms with E-state index in [-0.39, 0.29) is 11.9 Å². The molecule has 2 aliphatic rings. The lowest BCUT2D eigenvalue weighted by Crippen LogP contribution is -3.17. The van der Waals surface area contributed by atoms with Gasteiger partial charge in [-0.1, -0.05) is 13.3 Å². The van der Waals surface area contributed by atoms with Gasteiger partial charge in [-0.25, -0.2) is 0 Å². The fourth-order valence-corrected chi connectivity index (χ4v) is 5.32. The highest BCUT2D eigenvalue weighted by Crippen LogP contribution is 2.36. The molecular formula is C19H28N3OS+. The maximum Gasteiger partial charge on any atom is 0.283 e. The molecule has 3 atom stereocenters. The van der Waals surface area contributed by atoms with Crippen LogP contribution in [0.25, 0.3) is 0 Å². The standard InChI is InChI=1S/C19H27N3OS/c1-13-7-6-10-22(12-13)14(2)18(23)21-19-16(11-20)15-8-4-3-5-9-17(15)24-19/h13-14H,3-10,12H2,1-2H3,(H,21,23)/p+1/t13-,14-/m0/s1. The fourth-order valence-electron chi connectivity index (χ4n) is 4.08. The molecule has 5 heteroatoms. The van der Waals surface area contributed by atoms with Gasteiger partial charge in [0.25, 0.3) is 5.91 Å². The van der Waals surface area contributed by atoms with Gasteiger partial charge in [0.2, 0.25) is 0 Å². The van der Waals surface area contributed by atoms with Gasteiger partial charge < -0.3 is 10.2 Å². The van der Waals surface area contributed by atoms with Gasteiger partial charge >= 0.3 is 0 Å². The zero-order chi connectivity index (χ0) is 17.1. The second-order valence-electron chi connectivity index (χ2n) is 7.45. The van der Waals surface area contributed by atoms with Crippen LogP contribution in [0.15, 0.2) is 0 Å². The maximum absolute atomic E-state index is 12.7. The predicted molar refractivity (Wildman–Crippen MR) is 97.5 cm³/mol. The van der Waals surface area contributed by atoms with Gasteiger partial charge in [0.05, 0.1) is 18.7 Å². The molecule has 1 amide bonds. The molecule has 130 valence electrons. The van der Waals surface area contributed by atoms with Crippen molar-refractivity contribution < 1.29 is 9.69 Å². The lowest BCUT2D eigenvalue weighted by molar-refractivity contribution is -0.922. The van der Waals surface area contributed by atoms with Crippen molar-refractivity contribution in [2.45, 2.75) is 64.8 Å². The Morgan fingerprint density at radius 3 is 2.88 bits per heavy atom. The minimum atomic E-state index is -0.0544. The number of aryl methyl sites for hydroxylation is 1. The van der Waals surface area contributed by atoms with Gasteiger partial charge in [0, 0.05) is 10.8 Å². The first-order chi connectivity index (χ1) is 11.6. The van der Waals surface area contributed by atoms with Gasteiger partial charge in [0.15, 0.2) is 6.04 Å². The Bertz CT molecular complexity index is 646. The third kappa shape index (κ3) is 3.65. The molecule has 1 aromatic rings. The Morgan fingerprint density at radius 2 is 2.12 bits per heavy atom. The lowest BCUT2D eigenvalue weighted by atomic mass is 9.99. The Kier molecular flexibility index (Phi) is 5.57. The summed E-state index contributed by atoms with van der Waals surface area (Å²) in [7, 11) is 0. The molecule has 1 saturated heterocycles. The van der Waals surface area contributed by atoms with Crippen molar-refractivity contribution in [2.24, 2.45) is 5.92 Å². The van der Waals surface area contributed by atoms with E-state index in [0.717, 1.165) is 42.9 Å². The van der Waals surface area contributed by atoms with Crippen molar-refractivity contribution in [1.29, 1.82) is 5.26 Å². The topological polar surface area (TPSA) is 57.3 Å². The van der Waals surface area contributed by atoms with Crippen LogP contribution in [0.3, 0.4) is 0 Å². The summed E-state index contributed by atoms with van der Waals surface area (Å²) in [4.78, 5) is 15.4. The highest BCUT2D eigenvalue weighted by Gasteiger charge is 2.30. The summed E-state index contributed by atoms with van der Waals surface area (Å²) < 4.78 is 0. The van der Waals surface area contributed by atoms with E-state index >= 15 is 0 Å². The van der Waals surface area contributed by atoms with E-state index < -0.39 is 0 Å². The second kappa shape index (κ2) is 7.67. The number of anilines is 1. The number of piperidine rings is 1. The molecule has 2 heterocycles. The second-order valence-corrected chi connectivity index (χ2v) is 8.56. The van der Waals surface area contributed by atoms with Crippen molar-refractivity contribution in [2.75, 3.05) is 18.4 Å². The van der Waals surface area contributed by atoms with Gasteiger partial charge in [-0.2, -0.15) is 5.26 Å². The number of carbonyl (C=O) groups excluding carboxylic acids is 1. The highest BCUT2D eigenvalue weighted by molar-refractivity contribution is 7.16. The van der Waals surface area contributed by atoms with Crippen LogP contribution < -0.4 is 10.2 Å². The Balaban J connectivity index is 1.73. The molecule has 1 aliphatic carbocycles. The fraction of sp³-hybridized carbons (Fsp3) is 0.684. The third-order valence-electron chi connectivity index (χ3n) is 5.58. The largest absolute Gasteiger partial charge is 0.325 e. The summed E-state index contributed by atoms with van der Waals surface area (Å²) >= 11 is 1.63. The maximum atomic E-state index is 12.7. The van der Waals surface area contributed by atoms with Gasteiger partial charge in [0.1, 0.15) is 11.1 Å². The Hall–Kier alpha value is -1.38. The molecule has 1 aromatic heterocycles.